The number of hydrogen-bond acceptors (Lipinski definition) is 4. The van der Waals surface area contributed by atoms with Gasteiger partial charge in [-0.3, -0.25) is 0 Å². The van der Waals surface area contributed by atoms with E-state index in [-0.39, 0.29) is 22.3 Å². The van der Waals surface area contributed by atoms with E-state index in [9.17, 15) is 0 Å². The van der Waals surface area contributed by atoms with Crippen LogP contribution in [0.5, 0.6) is 0 Å². The zero-order chi connectivity index (χ0) is 10.2. The molecule has 0 fully saturated rings. The zero-order valence-electron chi connectivity index (χ0n) is 8.96. The van der Waals surface area contributed by atoms with Gasteiger partial charge in [-0.15, -0.1) is 0 Å². The van der Waals surface area contributed by atoms with Crippen LogP contribution in [0.1, 0.15) is 22.3 Å². The molecule has 0 saturated heterocycles. The number of hydrogen-bond donors (Lipinski definition) is 0. The van der Waals surface area contributed by atoms with Crippen LogP contribution in [0.3, 0.4) is 0 Å². The number of ether oxygens (including phenoxy) is 1. The van der Waals surface area contributed by atoms with Crippen molar-refractivity contribution in [3.8, 4) is 0 Å². The van der Waals surface area contributed by atoms with E-state index in [1.165, 1.54) is 0 Å². The monoisotopic (exact) mass is 304 g/mol. The van der Waals surface area contributed by atoms with Crippen LogP contribution < -0.4 is 0 Å². The fourth-order valence-electron chi connectivity index (χ4n) is 1.09. The normalized spacial score (nSPS) is 13.3. The molecule has 0 aliphatic rings. The van der Waals surface area contributed by atoms with Gasteiger partial charge in [-0.25, -0.2) is 0 Å². The molecule has 0 aromatic rings. The van der Waals surface area contributed by atoms with Crippen molar-refractivity contribution in [1.82, 2.24) is 0 Å². The summed E-state index contributed by atoms with van der Waals surface area (Å²) in [7, 11) is 2.28. The zero-order valence-corrected chi connectivity index (χ0v) is 16.0. The summed E-state index contributed by atoms with van der Waals surface area (Å²) in [5.74, 6) is 0. The first-order valence-corrected chi connectivity index (χ1v) is 10.8. The second-order valence-electron chi connectivity index (χ2n) is 2.42. The van der Waals surface area contributed by atoms with Crippen LogP contribution in [0.15, 0.2) is 0 Å². The Morgan fingerprint density at radius 2 is 1.12 bits per heavy atom. The SMILES string of the molecule is C.C.C.COC[Si](OC[SiH3])(OC[SiH3])OC[SiH3]. The lowest BCUT2D eigenvalue weighted by Crippen LogP contribution is -2.51. The average molecular weight is 305 g/mol. The van der Waals surface area contributed by atoms with E-state index in [1.54, 1.807) is 7.11 Å². The van der Waals surface area contributed by atoms with Crippen LogP contribution in [0, 0.1) is 0 Å². The molecule has 0 aromatic heterocycles. The predicted molar refractivity (Wildman–Crippen MR) is 85.5 cm³/mol. The Morgan fingerprint density at radius 1 is 0.812 bits per heavy atom. The summed E-state index contributed by atoms with van der Waals surface area (Å²) < 4.78 is 22.0. The Balaban J connectivity index is -0.000000240. The molecule has 0 unspecified atom stereocenters. The van der Waals surface area contributed by atoms with Crippen LogP contribution in [0.2, 0.25) is 0 Å². The van der Waals surface area contributed by atoms with Crippen LogP contribution in [-0.2, 0) is 18.0 Å². The molecule has 0 rings (SSSR count). The predicted octanol–water partition coefficient (Wildman–Crippen LogP) is -1.96. The summed E-state index contributed by atoms with van der Waals surface area (Å²) in [4.78, 5) is 0. The second-order valence-corrected chi connectivity index (χ2v) is 6.67. The molecule has 4 nitrogen and oxygen atoms in total. The topological polar surface area (TPSA) is 36.9 Å². The first-order valence-electron chi connectivity index (χ1n) is 4.65. The highest BCUT2D eigenvalue weighted by Gasteiger charge is 2.40. The summed E-state index contributed by atoms with van der Waals surface area (Å²) in [5, 5.41) is 0. The maximum atomic E-state index is 5.63. The molecule has 8 heteroatoms. The third kappa shape index (κ3) is 9.90. The van der Waals surface area contributed by atoms with Gasteiger partial charge in [0.15, 0.2) is 0 Å². The van der Waals surface area contributed by atoms with E-state index in [4.69, 9.17) is 18.0 Å². The van der Waals surface area contributed by atoms with Gasteiger partial charge in [0.25, 0.3) is 0 Å². The highest BCUT2D eigenvalue weighted by molar-refractivity contribution is 6.61. The van der Waals surface area contributed by atoms with Gasteiger partial charge in [0.2, 0.25) is 0 Å². The highest BCUT2D eigenvalue weighted by atomic mass is 28.4. The maximum Gasteiger partial charge on any atom is 0.527 e. The lowest BCUT2D eigenvalue weighted by atomic mass is 11.5. The fraction of sp³-hybridized carbons (Fsp3) is 1.00. The molecule has 0 aliphatic heterocycles. The molecule has 0 spiro atoms. The van der Waals surface area contributed by atoms with Crippen molar-refractivity contribution in [2.45, 2.75) is 22.3 Å². The van der Waals surface area contributed by atoms with Crippen molar-refractivity contribution in [3.05, 3.63) is 0 Å². The van der Waals surface area contributed by atoms with Crippen molar-refractivity contribution < 1.29 is 18.0 Å². The van der Waals surface area contributed by atoms with Gasteiger partial charge in [0, 0.05) is 56.5 Å². The molecule has 0 aliphatic carbocycles. The van der Waals surface area contributed by atoms with Gasteiger partial charge in [0.05, 0.1) is 0 Å². The summed E-state index contributed by atoms with van der Waals surface area (Å²) in [6.07, 6.45) is 2.77. The minimum Gasteiger partial charge on any atom is -0.380 e. The molecular weight excluding hydrogens is 272 g/mol. The van der Waals surface area contributed by atoms with Crippen molar-refractivity contribution in [3.63, 3.8) is 0 Å². The second kappa shape index (κ2) is 15.7. The minimum atomic E-state index is -2.41. The van der Waals surface area contributed by atoms with E-state index < -0.39 is 8.80 Å². The molecule has 0 heterocycles. The summed E-state index contributed by atoms with van der Waals surface area (Å²) in [6, 6.07) is 0. The number of rotatable bonds is 8. The van der Waals surface area contributed by atoms with Crippen molar-refractivity contribution >= 4 is 39.5 Å². The molecule has 0 amide bonds. The van der Waals surface area contributed by atoms with Crippen LogP contribution in [0.4, 0.5) is 0 Å². The molecule has 0 bridgehead atoms. The lowest BCUT2D eigenvalue weighted by Gasteiger charge is -2.27. The Hall–Kier alpha value is 0.708. The van der Waals surface area contributed by atoms with Gasteiger partial charge < -0.3 is 18.0 Å². The summed E-state index contributed by atoms with van der Waals surface area (Å²) in [5.41, 5.74) is 0. The largest absolute Gasteiger partial charge is 0.527 e. The van der Waals surface area contributed by atoms with E-state index in [0.29, 0.717) is 6.23 Å². The quantitative estimate of drug-likeness (QED) is 0.488. The summed E-state index contributed by atoms with van der Waals surface area (Å²) in [6.45, 7) is 0. The maximum absolute atomic E-state index is 5.63. The molecule has 16 heavy (non-hydrogen) atoms. The van der Waals surface area contributed by atoms with Crippen LogP contribution in [0.25, 0.3) is 0 Å². The van der Waals surface area contributed by atoms with Gasteiger partial charge in [-0.05, 0) is 0 Å². The molecule has 0 saturated carbocycles. The third-order valence-electron chi connectivity index (χ3n) is 1.41. The highest BCUT2D eigenvalue weighted by Crippen LogP contribution is 2.08. The van der Waals surface area contributed by atoms with E-state index in [2.05, 4.69) is 0 Å². The lowest BCUT2D eigenvalue weighted by molar-refractivity contribution is 0.0655. The molecule has 0 atom stereocenters. The standard InChI is InChI=1S/C5H20O4Si4.3CH4/c1-6-5-13(7-2-10,8-3-11)9-4-12;;;/h2-5H2,1,10-12H3;3*1H4. The van der Waals surface area contributed by atoms with Gasteiger partial charge >= 0.3 is 8.80 Å². The van der Waals surface area contributed by atoms with Crippen molar-refractivity contribution in [1.29, 1.82) is 0 Å². The molecule has 0 radical (unpaired) electrons. The molecule has 104 valence electrons. The van der Waals surface area contributed by atoms with Gasteiger partial charge in [-0.1, -0.05) is 22.3 Å². The number of methoxy groups -OCH3 is 1. The Morgan fingerprint density at radius 3 is 1.31 bits per heavy atom. The summed E-state index contributed by atoms with van der Waals surface area (Å²) >= 11 is 0. The van der Waals surface area contributed by atoms with E-state index in [1.807, 2.05) is 0 Å². The van der Waals surface area contributed by atoms with E-state index >= 15 is 0 Å². The van der Waals surface area contributed by atoms with Crippen molar-refractivity contribution in [2.24, 2.45) is 0 Å². The molecule has 0 aromatic carbocycles. The minimum absolute atomic E-state index is 0. The fourth-order valence-corrected chi connectivity index (χ4v) is 7.22. The van der Waals surface area contributed by atoms with Crippen molar-refractivity contribution in [2.75, 3.05) is 32.0 Å². The Bertz CT molecular complexity index is 99.1. The Labute approximate surface area is 112 Å². The van der Waals surface area contributed by atoms with Gasteiger partial charge in [0.1, 0.15) is 6.23 Å². The van der Waals surface area contributed by atoms with Crippen LogP contribution >= 0.6 is 0 Å². The van der Waals surface area contributed by atoms with Crippen LogP contribution in [-0.4, -0.2) is 71.6 Å². The Kier molecular flexibility index (Phi) is 25.1. The first kappa shape index (κ1) is 25.5. The van der Waals surface area contributed by atoms with Gasteiger partial charge in [-0.2, -0.15) is 0 Å². The molecule has 0 N–H and O–H groups in total. The van der Waals surface area contributed by atoms with E-state index in [0.717, 1.165) is 49.4 Å². The smallest absolute Gasteiger partial charge is 0.380 e. The first-order chi connectivity index (χ1) is 6.24. The molecular formula is C8H32O4Si4. The average Bonchev–Trinajstić information content (AvgIpc) is 2.06. The third-order valence-corrected chi connectivity index (χ3v) is 6.84.